The quantitative estimate of drug-likeness (QED) is 0.693. The molecule has 0 saturated heterocycles. The van der Waals surface area contributed by atoms with Gasteiger partial charge in [0.05, 0.1) is 12.4 Å². The Kier molecular flexibility index (Phi) is 4.71. The van der Waals surface area contributed by atoms with Gasteiger partial charge in [-0.1, -0.05) is 0 Å². The number of Topliss-reactive ketones (excluding diaryl/α,β-unsaturated/α-hetero) is 1. The third kappa shape index (κ3) is 2.72. The van der Waals surface area contributed by atoms with Crippen molar-refractivity contribution < 1.29 is 4.79 Å². The van der Waals surface area contributed by atoms with Gasteiger partial charge in [-0.25, -0.2) is 0 Å². The average molecular weight is 208 g/mol. The van der Waals surface area contributed by atoms with Crippen LogP contribution in [0.4, 0.5) is 0 Å². The molecule has 70 valence electrons. The highest BCUT2D eigenvalue weighted by molar-refractivity contribution is 8.03. The summed E-state index contributed by atoms with van der Waals surface area (Å²) in [7, 11) is 0. The molecule has 0 spiro atoms. The van der Waals surface area contributed by atoms with Crippen molar-refractivity contribution in [2.24, 2.45) is 0 Å². The Hall–Kier alpha value is -0.150. The normalized spacial score (nSPS) is 16.4. The second-order valence-corrected chi connectivity index (χ2v) is 3.97. The third-order valence-electron chi connectivity index (χ3n) is 1.83. The zero-order valence-corrected chi connectivity index (χ0v) is 9.22. The second-order valence-electron chi connectivity index (χ2n) is 2.81. The fraction of sp³-hybridized carbons (Fsp3) is 0.625. The van der Waals surface area contributed by atoms with Crippen LogP contribution in [0.5, 0.6) is 0 Å². The second kappa shape index (κ2) is 4.77. The smallest absolute Gasteiger partial charge is 0.149 e. The Balaban J connectivity index is 0.00000121. The Morgan fingerprint density at radius 1 is 1.58 bits per heavy atom. The molecule has 0 aromatic rings. The van der Waals surface area contributed by atoms with E-state index in [9.17, 15) is 4.79 Å². The molecule has 0 aromatic carbocycles. The number of allylic oxidation sites excluding steroid dienone is 2. The highest BCUT2D eigenvalue weighted by Crippen LogP contribution is 2.30. The van der Waals surface area contributed by atoms with Gasteiger partial charge in [0.2, 0.25) is 0 Å². The molecule has 0 amide bonds. The highest BCUT2D eigenvalue weighted by atomic mass is 35.5. The number of hydrogen-bond acceptors (Lipinski definition) is 3. The number of carbonyl (C=O) groups excluding carboxylic acids is 1. The van der Waals surface area contributed by atoms with Crippen LogP contribution in [-0.4, -0.2) is 23.1 Å². The maximum atomic E-state index is 10.8. The maximum Gasteiger partial charge on any atom is 0.149 e. The summed E-state index contributed by atoms with van der Waals surface area (Å²) in [6, 6.07) is 0. The van der Waals surface area contributed by atoms with Crippen molar-refractivity contribution in [2.45, 2.75) is 20.8 Å². The van der Waals surface area contributed by atoms with Crippen LogP contribution in [0.1, 0.15) is 20.8 Å². The molecule has 1 aliphatic rings. The lowest BCUT2D eigenvalue weighted by Crippen LogP contribution is -2.23. The molecule has 0 atom stereocenters. The SMILES string of the molecule is CC(=O)CN1CSC(C)=C1C.Cl. The molecule has 1 rings (SSSR count). The molecule has 12 heavy (non-hydrogen) atoms. The van der Waals surface area contributed by atoms with Gasteiger partial charge < -0.3 is 4.90 Å². The Bertz CT molecular complexity index is 215. The van der Waals surface area contributed by atoms with E-state index in [-0.39, 0.29) is 18.2 Å². The van der Waals surface area contributed by atoms with E-state index >= 15 is 0 Å². The number of hydrogen-bond donors (Lipinski definition) is 0. The molecule has 1 heterocycles. The topological polar surface area (TPSA) is 20.3 Å². The molecule has 0 aliphatic carbocycles. The lowest BCUT2D eigenvalue weighted by atomic mass is 10.3. The van der Waals surface area contributed by atoms with E-state index in [1.165, 1.54) is 10.6 Å². The van der Waals surface area contributed by atoms with E-state index in [1.54, 1.807) is 6.92 Å². The first-order chi connectivity index (χ1) is 5.11. The molecule has 0 saturated carbocycles. The number of halogens is 1. The number of thioether (sulfide) groups is 1. The number of nitrogens with zero attached hydrogens (tertiary/aromatic N) is 1. The predicted molar refractivity (Wildman–Crippen MR) is 55.5 cm³/mol. The Morgan fingerprint density at radius 3 is 2.50 bits per heavy atom. The first kappa shape index (κ1) is 11.8. The van der Waals surface area contributed by atoms with E-state index in [4.69, 9.17) is 0 Å². The summed E-state index contributed by atoms with van der Waals surface area (Å²) >= 11 is 1.81. The van der Waals surface area contributed by atoms with Gasteiger partial charge >= 0.3 is 0 Å². The summed E-state index contributed by atoms with van der Waals surface area (Å²) in [6.07, 6.45) is 0. The van der Waals surface area contributed by atoms with Crippen LogP contribution in [0.3, 0.4) is 0 Å². The summed E-state index contributed by atoms with van der Waals surface area (Å²) in [4.78, 5) is 14.2. The van der Waals surface area contributed by atoms with Gasteiger partial charge in [-0.3, -0.25) is 4.79 Å². The molecule has 1 aliphatic heterocycles. The summed E-state index contributed by atoms with van der Waals surface area (Å²) in [6.45, 7) is 6.36. The summed E-state index contributed by atoms with van der Waals surface area (Å²) < 4.78 is 0. The van der Waals surface area contributed by atoms with Crippen molar-refractivity contribution in [3.63, 3.8) is 0 Å². The molecule has 0 bridgehead atoms. The Morgan fingerprint density at radius 2 is 2.17 bits per heavy atom. The van der Waals surface area contributed by atoms with Crippen LogP contribution >= 0.6 is 24.2 Å². The number of rotatable bonds is 2. The molecule has 2 nitrogen and oxygen atoms in total. The first-order valence-corrected chi connectivity index (χ1v) is 4.64. The fourth-order valence-electron chi connectivity index (χ4n) is 1.03. The minimum absolute atomic E-state index is 0. The molecule has 0 radical (unpaired) electrons. The highest BCUT2D eigenvalue weighted by Gasteiger charge is 2.16. The van der Waals surface area contributed by atoms with Crippen molar-refractivity contribution in [3.05, 3.63) is 10.6 Å². The van der Waals surface area contributed by atoms with E-state index < -0.39 is 0 Å². The van der Waals surface area contributed by atoms with Crippen LogP contribution in [0, 0.1) is 0 Å². The molecular formula is C8H14ClNOS. The largest absolute Gasteiger partial charge is 0.358 e. The number of carbonyl (C=O) groups is 1. The molecule has 4 heteroatoms. The van der Waals surface area contributed by atoms with Crippen LogP contribution in [0.15, 0.2) is 10.6 Å². The van der Waals surface area contributed by atoms with Crippen LogP contribution in [0.25, 0.3) is 0 Å². The van der Waals surface area contributed by atoms with Gasteiger partial charge in [0, 0.05) is 10.6 Å². The molecular weight excluding hydrogens is 194 g/mol. The van der Waals surface area contributed by atoms with E-state index in [2.05, 4.69) is 18.7 Å². The zero-order chi connectivity index (χ0) is 8.43. The van der Waals surface area contributed by atoms with Crippen LogP contribution in [-0.2, 0) is 4.79 Å². The van der Waals surface area contributed by atoms with Gasteiger partial charge in [0.1, 0.15) is 5.78 Å². The summed E-state index contributed by atoms with van der Waals surface area (Å²) in [5, 5.41) is 0. The fourth-order valence-corrected chi connectivity index (χ4v) is 2.00. The van der Waals surface area contributed by atoms with Crippen molar-refractivity contribution in [1.29, 1.82) is 0 Å². The first-order valence-electron chi connectivity index (χ1n) is 3.66. The zero-order valence-electron chi connectivity index (χ0n) is 7.59. The van der Waals surface area contributed by atoms with Gasteiger partial charge in [-0.2, -0.15) is 0 Å². The Labute approximate surface area is 83.8 Å². The monoisotopic (exact) mass is 207 g/mol. The molecule has 0 aromatic heterocycles. The van der Waals surface area contributed by atoms with Gasteiger partial charge in [0.25, 0.3) is 0 Å². The van der Waals surface area contributed by atoms with Crippen LogP contribution in [0.2, 0.25) is 0 Å². The standard InChI is InChI=1S/C8H13NOS.ClH/c1-6(10)4-9-5-11-8(3)7(9)2;/h4-5H2,1-3H3;1H. The van der Waals surface area contributed by atoms with Gasteiger partial charge in [0.15, 0.2) is 0 Å². The van der Waals surface area contributed by atoms with Crippen molar-refractivity contribution in [1.82, 2.24) is 4.90 Å². The van der Waals surface area contributed by atoms with Crippen LogP contribution < -0.4 is 0 Å². The van der Waals surface area contributed by atoms with Gasteiger partial charge in [-0.05, 0) is 20.8 Å². The van der Waals surface area contributed by atoms with Crippen molar-refractivity contribution >= 4 is 30.0 Å². The predicted octanol–water partition coefficient (Wildman–Crippen LogP) is 2.25. The van der Waals surface area contributed by atoms with Crippen molar-refractivity contribution in [2.75, 3.05) is 12.4 Å². The molecule has 0 unspecified atom stereocenters. The lowest BCUT2D eigenvalue weighted by Gasteiger charge is -2.16. The summed E-state index contributed by atoms with van der Waals surface area (Å²) in [5.41, 5.74) is 1.25. The lowest BCUT2D eigenvalue weighted by molar-refractivity contribution is -0.117. The third-order valence-corrected chi connectivity index (χ3v) is 3.00. The summed E-state index contributed by atoms with van der Waals surface area (Å²) in [5.74, 6) is 1.18. The van der Waals surface area contributed by atoms with E-state index in [0.29, 0.717) is 6.54 Å². The van der Waals surface area contributed by atoms with E-state index in [1.807, 2.05) is 11.8 Å². The number of ketones is 1. The molecule has 0 N–H and O–H groups in total. The van der Waals surface area contributed by atoms with Gasteiger partial charge in [-0.15, -0.1) is 24.2 Å². The minimum atomic E-state index is 0. The maximum absolute atomic E-state index is 10.8. The van der Waals surface area contributed by atoms with E-state index in [0.717, 1.165) is 5.88 Å². The minimum Gasteiger partial charge on any atom is -0.358 e. The average Bonchev–Trinajstić information content (AvgIpc) is 2.18. The van der Waals surface area contributed by atoms with Crippen molar-refractivity contribution in [3.8, 4) is 0 Å². The molecule has 0 fully saturated rings.